The quantitative estimate of drug-likeness (QED) is 0.725. The highest BCUT2D eigenvalue weighted by molar-refractivity contribution is 5.11. The molecule has 3 heterocycles. The maximum atomic E-state index is 11.9. The number of ether oxygens (including phenoxy) is 1. The fourth-order valence-electron chi connectivity index (χ4n) is 3.09. The number of rotatable bonds is 3. The smallest absolute Gasteiger partial charge is 0.330 e. The number of aliphatic hydroxyl groups excluding tert-OH is 1. The van der Waals surface area contributed by atoms with Crippen molar-refractivity contribution in [3.05, 3.63) is 33.1 Å². The Labute approximate surface area is 114 Å². The van der Waals surface area contributed by atoms with Gasteiger partial charge in [-0.05, 0) is 6.42 Å². The Morgan fingerprint density at radius 3 is 2.90 bits per heavy atom. The van der Waals surface area contributed by atoms with E-state index < -0.39 is 35.2 Å². The molecule has 2 saturated heterocycles. The maximum absolute atomic E-state index is 11.9. The van der Waals surface area contributed by atoms with Gasteiger partial charge in [0.25, 0.3) is 5.56 Å². The van der Waals surface area contributed by atoms with Crippen LogP contribution in [-0.2, 0) is 9.57 Å². The first-order chi connectivity index (χ1) is 9.52. The second-order valence-corrected chi connectivity index (χ2v) is 5.14. The van der Waals surface area contributed by atoms with Gasteiger partial charge in [0, 0.05) is 12.3 Å². The summed E-state index contributed by atoms with van der Waals surface area (Å²) in [6.45, 7) is 2.36. The number of aromatic nitrogens is 2. The van der Waals surface area contributed by atoms with E-state index in [9.17, 15) is 14.7 Å². The van der Waals surface area contributed by atoms with Crippen LogP contribution in [0.25, 0.3) is 0 Å². The highest BCUT2D eigenvalue weighted by Gasteiger charge is 2.63. The fraction of sp³-hybridized carbons (Fsp3) is 0.667. The molecular formula is C12H17N3O5. The average molecular weight is 283 g/mol. The SMILES string of the molecule is CC[C@@]12CN(OC)[C@@H]([C@H](n3ccc(=O)[nH]c3=O)O1)[C@@H]2O. The molecule has 2 bridgehead atoms. The van der Waals surface area contributed by atoms with Gasteiger partial charge in [-0.3, -0.25) is 14.3 Å². The van der Waals surface area contributed by atoms with Crippen molar-refractivity contribution < 1.29 is 14.7 Å². The molecule has 0 aromatic carbocycles. The fourth-order valence-corrected chi connectivity index (χ4v) is 3.09. The Kier molecular flexibility index (Phi) is 3.05. The number of hydroxylamine groups is 2. The molecule has 1 aromatic heterocycles. The lowest BCUT2D eigenvalue weighted by atomic mass is 9.96. The van der Waals surface area contributed by atoms with E-state index in [-0.39, 0.29) is 0 Å². The first-order valence-corrected chi connectivity index (χ1v) is 6.50. The van der Waals surface area contributed by atoms with Crippen LogP contribution in [0.3, 0.4) is 0 Å². The number of aromatic amines is 1. The topological polar surface area (TPSA) is 96.8 Å². The molecule has 110 valence electrons. The Morgan fingerprint density at radius 2 is 2.35 bits per heavy atom. The van der Waals surface area contributed by atoms with E-state index >= 15 is 0 Å². The van der Waals surface area contributed by atoms with Crippen LogP contribution in [0, 0.1) is 0 Å². The molecule has 4 atom stereocenters. The van der Waals surface area contributed by atoms with Crippen LogP contribution >= 0.6 is 0 Å². The van der Waals surface area contributed by atoms with Crippen molar-refractivity contribution in [2.75, 3.05) is 13.7 Å². The monoisotopic (exact) mass is 283 g/mol. The minimum absolute atomic E-state index is 0.445. The maximum Gasteiger partial charge on any atom is 0.330 e. The number of nitrogens with zero attached hydrogens (tertiary/aromatic N) is 2. The molecule has 8 nitrogen and oxygen atoms in total. The summed E-state index contributed by atoms with van der Waals surface area (Å²) in [4.78, 5) is 30.5. The summed E-state index contributed by atoms with van der Waals surface area (Å²) < 4.78 is 7.19. The Balaban J connectivity index is 2.04. The molecule has 0 amide bonds. The molecule has 2 aliphatic rings. The number of nitrogens with one attached hydrogen (secondary N) is 1. The summed E-state index contributed by atoms with van der Waals surface area (Å²) in [6, 6.07) is 0.766. The highest BCUT2D eigenvalue weighted by Crippen LogP contribution is 2.47. The van der Waals surface area contributed by atoms with E-state index in [1.165, 1.54) is 23.9 Å². The molecule has 2 aliphatic heterocycles. The van der Waals surface area contributed by atoms with E-state index in [0.717, 1.165) is 0 Å². The molecule has 0 radical (unpaired) electrons. The first kappa shape index (κ1) is 13.5. The van der Waals surface area contributed by atoms with Gasteiger partial charge in [0.05, 0.1) is 13.7 Å². The largest absolute Gasteiger partial charge is 0.388 e. The number of morpholine rings is 1. The summed E-state index contributed by atoms with van der Waals surface area (Å²) in [5.41, 5.74) is -1.78. The van der Waals surface area contributed by atoms with Crippen molar-refractivity contribution in [1.29, 1.82) is 0 Å². The van der Waals surface area contributed by atoms with Crippen LogP contribution in [0.5, 0.6) is 0 Å². The van der Waals surface area contributed by atoms with Gasteiger partial charge in [-0.2, -0.15) is 5.06 Å². The lowest BCUT2D eigenvalue weighted by Crippen LogP contribution is -2.47. The molecule has 0 saturated carbocycles. The van der Waals surface area contributed by atoms with Crippen LogP contribution in [0.4, 0.5) is 0 Å². The molecule has 0 spiro atoms. The lowest BCUT2D eigenvalue weighted by Gasteiger charge is -2.35. The summed E-state index contributed by atoms with van der Waals surface area (Å²) in [6.07, 6.45) is 0.523. The van der Waals surface area contributed by atoms with Crippen LogP contribution in [0.15, 0.2) is 21.9 Å². The lowest BCUT2D eigenvalue weighted by molar-refractivity contribution is -0.235. The van der Waals surface area contributed by atoms with Crippen LogP contribution in [-0.4, -0.2) is 51.1 Å². The minimum Gasteiger partial charge on any atom is -0.388 e. The van der Waals surface area contributed by atoms with Gasteiger partial charge in [0.1, 0.15) is 17.7 Å². The zero-order valence-electron chi connectivity index (χ0n) is 11.3. The van der Waals surface area contributed by atoms with Crippen molar-refractivity contribution in [3.63, 3.8) is 0 Å². The molecular weight excluding hydrogens is 266 g/mol. The van der Waals surface area contributed by atoms with E-state index in [0.29, 0.717) is 13.0 Å². The molecule has 3 rings (SSSR count). The van der Waals surface area contributed by atoms with E-state index in [4.69, 9.17) is 9.57 Å². The Bertz CT molecular complexity index is 626. The predicted molar refractivity (Wildman–Crippen MR) is 68.0 cm³/mol. The number of aliphatic hydroxyl groups is 1. The molecule has 0 unspecified atom stereocenters. The summed E-state index contributed by atoms with van der Waals surface area (Å²) in [5, 5.41) is 12.0. The summed E-state index contributed by atoms with van der Waals surface area (Å²) in [7, 11) is 1.52. The van der Waals surface area contributed by atoms with Crippen molar-refractivity contribution in [1.82, 2.24) is 14.6 Å². The number of hydrogen-bond donors (Lipinski definition) is 2. The molecule has 20 heavy (non-hydrogen) atoms. The van der Waals surface area contributed by atoms with Gasteiger partial charge < -0.3 is 14.7 Å². The third kappa shape index (κ3) is 1.69. The van der Waals surface area contributed by atoms with Crippen LogP contribution in [0.2, 0.25) is 0 Å². The molecule has 2 N–H and O–H groups in total. The standard InChI is InChI=1S/C12H17N3O5/c1-3-12-6-15(19-2)8(9(12)17)10(20-12)14-5-4-7(16)13-11(14)18/h4-5,8-10,17H,3,6H2,1-2H3,(H,13,16,18)/t8-,9+,10-,12+/m1/s1. The van der Waals surface area contributed by atoms with Crippen molar-refractivity contribution in [2.45, 2.75) is 37.3 Å². The second-order valence-electron chi connectivity index (χ2n) is 5.14. The van der Waals surface area contributed by atoms with Gasteiger partial charge in [-0.25, -0.2) is 4.79 Å². The third-order valence-corrected chi connectivity index (χ3v) is 4.22. The summed E-state index contributed by atoms with van der Waals surface area (Å²) in [5.74, 6) is 0. The van der Waals surface area contributed by atoms with E-state index in [1.54, 1.807) is 5.06 Å². The second kappa shape index (κ2) is 4.52. The van der Waals surface area contributed by atoms with Crippen molar-refractivity contribution in [3.8, 4) is 0 Å². The molecule has 2 fully saturated rings. The third-order valence-electron chi connectivity index (χ3n) is 4.22. The van der Waals surface area contributed by atoms with Crippen molar-refractivity contribution in [2.24, 2.45) is 0 Å². The molecule has 1 aromatic rings. The zero-order chi connectivity index (χ0) is 14.5. The van der Waals surface area contributed by atoms with E-state index in [2.05, 4.69) is 4.98 Å². The molecule has 0 aliphatic carbocycles. The van der Waals surface area contributed by atoms with Gasteiger partial charge in [-0.15, -0.1) is 0 Å². The van der Waals surface area contributed by atoms with Crippen LogP contribution < -0.4 is 11.2 Å². The average Bonchev–Trinajstić information content (AvgIpc) is 2.87. The zero-order valence-corrected chi connectivity index (χ0v) is 11.3. The summed E-state index contributed by atoms with van der Waals surface area (Å²) >= 11 is 0. The predicted octanol–water partition coefficient (Wildman–Crippen LogP) is -1.18. The Morgan fingerprint density at radius 1 is 1.60 bits per heavy atom. The van der Waals surface area contributed by atoms with Gasteiger partial charge >= 0.3 is 5.69 Å². The van der Waals surface area contributed by atoms with Gasteiger partial charge in [0.2, 0.25) is 0 Å². The van der Waals surface area contributed by atoms with Gasteiger partial charge in [-0.1, -0.05) is 6.92 Å². The number of H-pyrrole nitrogens is 1. The normalized spacial score (nSPS) is 36.6. The Hall–Kier alpha value is -1.48. The highest BCUT2D eigenvalue weighted by atomic mass is 16.7. The van der Waals surface area contributed by atoms with Crippen molar-refractivity contribution >= 4 is 0 Å². The number of hydrogen-bond acceptors (Lipinski definition) is 6. The minimum atomic E-state index is -0.753. The van der Waals surface area contributed by atoms with Gasteiger partial charge in [0.15, 0.2) is 6.23 Å². The van der Waals surface area contributed by atoms with Crippen LogP contribution in [0.1, 0.15) is 19.6 Å². The molecule has 8 heteroatoms. The number of fused-ring (bicyclic) bond motifs is 2. The van der Waals surface area contributed by atoms with E-state index in [1.807, 2.05) is 6.92 Å². The first-order valence-electron chi connectivity index (χ1n) is 6.50.